The molecular weight excluding hydrogens is 288 g/mol. The van der Waals surface area contributed by atoms with E-state index in [1.54, 1.807) is 11.6 Å². The third-order valence-corrected chi connectivity index (χ3v) is 4.57. The van der Waals surface area contributed by atoms with Crippen molar-refractivity contribution in [2.45, 2.75) is 26.3 Å². The fourth-order valence-electron chi connectivity index (χ4n) is 3.08. The van der Waals surface area contributed by atoms with Gasteiger partial charge in [0.15, 0.2) is 0 Å². The summed E-state index contributed by atoms with van der Waals surface area (Å²) < 4.78 is 1.62. The summed E-state index contributed by atoms with van der Waals surface area (Å²) in [7, 11) is 1.77. The number of nitriles is 1. The first-order chi connectivity index (χ1) is 11.1. The minimum Gasteiger partial charge on any atom is -0.300 e. The molecule has 5 nitrogen and oxygen atoms in total. The Labute approximate surface area is 135 Å². The molecule has 2 heterocycles. The van der Waals surface area contributed by atoms with Crippen LogP contribution in [0.3, 0.4) is 0 Å². The van der Waals surface area contributed by atoms with Crippen LogP contribution in [-0.2, 0) is 26.4 Å². The van der Waals surface area contributed by atoms with Gasteiger partial charge in [-0.2, -0.15) is 5.26 Å². The third-order valence-electron chi connectivity index (χ3n) is 4.57. The summed E-state index contributed by atoms with van der Waals surface area (Å²) >= 11 is 0. The second-order valence-electron chi connectivity index (χ2n) is 5.99. The molecule has 0 radical (unpaired) electrons. The second kappa shape index (κ2) is 6.35. The van der Waals surface area contributed by atoms with Gasteiger partial charge in [0, 0.05) is 38.7 Å². The van der Waals surface area contributed by atoms with Crippen LogP contribution in [0.25, 0.3) is 0 Å². The maximum Gasteiger partial charge on any atom is 0.256 e. The van der Waals surface area contributed by atoms with Crippen molar-refractivity contribution in [2.24, 2.45) is 7.05 Å². The van der Waals surface area contributed by atoms with Gasteiger partial charge in [0.05, 0.1) is 17.3 Å². The first-order valence-electron chi connectivity index (χ1n) is 7.86. The number of nitrogens with zero attached hydrogens (tertiary/aromatic N) is 4. The van der Waals surface area contributed by atoms with Gasteiger partial charge >= 0.3 is 0 Å². The summed E-state index contributed by atoms with van der Waals surface area (Å²) in [6.45, 7) is 4.27. The van der Waals surface area contributed by atoms with Crippen LogP contribution < -0.4 is 5.56 Å². The van der Waals surface area contributed by atoms with Crippen molar-refractivity contribution in [3.63, 3.8) is 0 Å². The summed E-state index contributed by atoms with van der Waals surface area (Å²) in [6, 6.07) is 9.94. The van der Waals surface area contributed by atoms with Crippen LogP contribution in [-0.4, -0.2) is 27.5 Å². The molecule has 23 heavy (non-hydrogen) atoms. The van der Waals surface area contributed by atoms with E-state index in [0.717, 1.165) is 54.3 Å². The number of aryl methyl sites for hydroxylation is 1. The van der Waals surface area contributed by atoms with Gasteiger partial charge in [-0.25, -0.2) is 4.98 Å². The van der Waals surface area contributed by atoms with E-state index < -0.39 is 0 Å². The van der Waals surface area contributed by atoms with Crippen molar-refractivity contribution in [1.29, 1.82) is 5.26 Å². The number of benzene rings is 1. The lowest BCUT2D eigenvalue weighted by atomic mass is 10.1. The van der Waals surface area contributed by atoms with Crippen LogP contribution in [0.15, 0.2) is 29.1 Å². The summed E-state index contributed by atoms with van der Waals surface area (Å²) in [5.41, 5.74) is 3.61. The van der Waals surface area contributed by atoms with Crippen LogP contribution in [0.2, 0.25) is 0 Å². The molecule has 0 fully saturated rings. The Balaban J connectivity index is 1.82. The maximum atomic E-state index is 12.4. The van der Waals surface area contributed by atoms with Crippen molar-refractivity contribution >= 4 is 0 Å². The van der Waals surface area contributed by atoms with Gasteiger partial charge in [0.25, 0.3) is 5.56 Å². The van der Waals surface area contributed by atoms with Crippen LogP contribution in [0.1, 0.15) is 28.2 Å². The molecule has 0 N–H and O–H groups in total. The Bertz CT molecular complexity index is 832. The van der Waals surface area contributed by atoms with E-state index >= 15 is 0 Å². The zero-order chi connectivity index (χ0) is 16.4. The Kier molecular flexibility index (Phi) is 4.26. The first-order valence-corrected chi connectivity index (χ1v) is 7.86. The van der Waals surface area contributed by atoms with Crippen LogP contribution >= 0.6 is 0 Å². The summed E-state index contributed by atoms with van der Waals surface area (Å²) in [5, 5.41) is 9.22. The minimum absolute atomic E-state index is 0.0757. The van der Waals surface area contributed by atoms with E-state index in [1.165, 1.54) is 0 Å². The highest BCUT2D eigenvalue weighted by molar-refractivity contribution is 5.37. The summed E-state index contributed by atoms with van der Waals surface area (Å²) in [4.78, 5) is 19.3. The highest BCUT2D eigenvalue weighted by Crippen LogP contribution is 2.15. The van der Waals surface area contributed by atoms with E-state index in [-0.39, 0.29) is 5.56 Å². The van der Waals surface area contributed by atoms with E-state index in [1.807, 2.05) is 31.2 Å². The number of hydrogen-bond donors (Lipinski definition) is 0. The van der Waals surface area contributed by atoms with Crippen LogP contribution in [0.4, 0.5) is 0 Å². The Morgan fingerprint density at radius 1 is 1.26 bits per heavy atom. The molecule has 0 saturated heterocycles. The predicted molar refractivity (Wildman–Crippen MR) is 88.1 cm³/mol. The molecule has 0 atom stereocenters. The molecular formula is C18H20N4O. The lowest BCUT2D eigenvalue weighted by Crippen LogP contribution is -2.28. The molecule has 0 unspecified atom stereocenters. The maximum absolute atomic E-state index is 12.4. The van der Waals surface area contributed by atoms with Gasteiger partial charge in [-0.1, -0.05) is 18.2 Å². The van der Waals surface area contributed by atoms with Crippen molar-refractivity contribution < 1.29 is 0 Å². The summed E-state index contributed by atoms with van der Waals surface area (Å²) in [5.74, 6) is 0.761. The molecule has 1 aromatic heterocycles. The first kappa shape index (κ1) is 15.4. The van der Waals surface area contributed by atoms with Gasteiger partial charge in [-0.15, -0.1) is 0 Å². The van der Waals surface area contributed by atoms with Crippen molar-refractivity contribution in [3.05, 3.63) is 62.8 Å². The smallest absolute Gasteiger partial charge is 0.256 e. The molecule has 0 bridgehead atoms. The topological polar surface area (TPSA) is 61.9 Å². The minimum atomic E-state index is 0.0757. The van der Waals surface area contributed by atoms with Gasteiger partial charge in [-0.3, -0.25) is 14.3 Å². The monoisotopic (exact) mass is 308 g/mol. The molecule has 1 aromatic carbocycles. The molecule has 5 heteroatoms. The fraction of sp³-hybridized carbons (Fsp3) is 0.389. The van der Waals surface area contributed by atoms with Crippen molar-refractivity contribution in [1.82, 2.24) is 14.5 Å². The molecule has 0 amide bonds. The highest BCUT2D eigenvalue weighted by Gasteiger charge is 2.19. The Morgan fingerprint density at radius 3 is 2.78 bits per heavy atom. The quantitative estimate of drug-likeness (QED) is 0.845. The molecule has 2 aromatic rings. The van der Waals surface area contributed by atoms with E-state index in [4.69, 9.17) is 0 Å². The van der Waals surface area contributed by atoms with Crippen LogP contribution in [0, 0.1) is 18.3 Å². The average Bonchev–Trinajstić information content (AvgIpc) is 2.76. The molecule has 0 spiro atoms. The number of hydrogen-bond acceptors (Lipinski definition) is 4. The zero-order valence-electron chi connectivity index (χ0n) is 13.5. The van der Waals surface area contributed by atoms with Gasteiger partial charge in [0.2, 0.25) is 0 Å². The Morgan fingerprint density at radius 2 is 2.00 bits per heavy atom. The highest BCUT2D eigenvalue weighted by atomic mass is 16.1. The second-order valence-corrected chi connectivity index (χ2v) is 5.99. The average molecular weight is 308 g/mol. The van der Waals surface area contributed by atoms with E-state index in [2.05, 4.69) is 16.0 Å². The predicted octanol–water partition coefficient (Wildman–Crippen LogP) is 1.56. The lowest BCUT2D eigenvalue weighted by Gasteiger charge is -2.20. The zero-order valence-corrected chi connectivity index (χ0v) is 13.5. The van der Waals surface area contributed by atoms with Gasteiger partial charge < -0.3 is 0 Å². The van der Waals surface area contributed by atoms with E-state index in [0.29, 0.717) is 6.42 Å². The molecule has 1 aliphatic rings. The largest absolute Gasteiger partial charge is 0.300 e. The van der Waals surface area contributed by atoms with Gasteiger partial charge in [0.1, 0.15) is 5.82 Å². The standard InChI is InChI=1S/C18H20N4O/c1-13-20-17-8-10-22(9-7-16(17)18(23)21(13)2)12-15-6-4-3-5-14(15)11-19/h3-6H,7-10,12H2,1-2H3. The van der Waals surface area contributed by atoms with Gasteiger partial charge in [-0.05, 0) is 25.0 Å². The molecule has 118 valence electrons. The fourth-order valence-corrected chi connectivity index (χ4v) is 3.08. The van der Waals surface area contributed by atoms with E-state index in [9.17, 15) is 10.1 Å². The van der Waals surface area contributed by atoms with Crippen molar-refractivity contribution in [2.75, 3.05) is 13.1 Å². The lowest BCUT2D eigenvalue weighted by molar-refractivity contribution is 0.278. The molecule has 1 aliphatic heterocycles. The van der Waals surface area contributed by atoms with Crippen molar-refractivity contribution in [3.8, 4) is 6.07 Å². The number of fused-ring (bicyclic) bond motifs is 1. The Hall–Kier alpha value is -2.45. The number of rotatable bonds is 2. The molecule has 0 aliphatic carbocycles. The third kappa shape index (κ3) is 3.03. The summed E-state index contributed by atoms with van der Waals surface area (Å²) in [6.07, 6.45) is 1.49. The number of aromatic nitrogens is 2. The SMILES string of the molecule is Cc1nc2c(c(=O)n1C)CCN(Cc1ccccc1C#N)CC2. The molecule has 0 saturated carbocycles. The van der Waals surface area contributed by atoms with Crippen LogP contribution in [0.5, 0.6) is 0 Å². The molecule has 3 rings (SSSR count). The normalized spacial score (nSPS) is 14.8.